The van der Waals surface area contributed by atoms with Crippen LogP contribution in [0.15, 0.2) is 29.8 Å². The second-order valence-corrected chi connectivity index (χ2v) is 6.25. The van der Waals surface area contributed by atoms with Crippen LogP contribution in [0.4, 0.5) is 10.1 Å². The molecule has 1 aromatic rings. The van der Waals surface area contributed by atoms with Crippen LogP contribution < -0.4 is 5.73 Å². The molecule has 2 N–H and O–H groups in total. The van der Waals surface area contributed by atoms with Gasteiger partial charge in [-0.3, -0.25) is 4.79 Å². The van der Waals surface area contributed by atoms with E-state index in [4.69, 9.17) is 5.73 Å². The molecule has 1 aliphatic rings. The quantitative estimate of drug-likeness (QED) is 0.632. The molecule has 0 fully saturated rings. The van der Waals surface area contributed by atoms with Gasteiger partial charge in [0.15, 0.2) is 0 Å². The lowest BCUT2D eigenvalue weighted by Crippen LogP contribution is -2.36. The maximum absolute atomic E-state index is 13.3. The highest BCUT2D eigenvalue weighted by Gasteiger charge is 2.24. The molecule has 108 valence electrons. The third kappa shape index (κ3) is 3.18. The van der Waals surface area contributed by atoms with Crippen LogP contribution in [0.3, 0.4) is 0 Å². The van der Waals surface area contributed by atoms with Crippen LogP contribution in [0.25, 0.3) is 0 Å². The topological polar surface area (TPSA) is 46.3 Å². The largest absolute Gasteiger partial charge is 0.399 e. The molecule has 0 atom stereocenters. The van der Waals surface area contributed by atoms with Gasteiger partial charge in [0.25, 0.3) is 5.91 Å². The van der Waals surface area contributed by atoms with Gasteiger partial charge in [-0.05, 0) is 30.0 Å². The van der Waals surface area contributed by atoms with Crippen LogP contribution in [0.5, 0.6) is 0 Å². The summed E-state index contributed by atoms with van der Waals surface area (Å²) >= 11 is 0. The zero-order valence-corrected chi connectivity index (χ0v) is 12.2. The number of nitrogens with zero attached hydrogens (tertiary/aromatic N) is 1. The summed E-state index contributed by atoms with van der Waals surface area (Å²) in [7, 11) is 0. The molecule has 20 heavy (non-hydrogen) atoms. The Kier molecular flexibility index (Phi) is 3.84. The highest BCUT2D eigenvalue weighted by atomic mass is 19.1. The maximum Gasteiger partial charge on any atom is 0.254 e. The molecule has 0 aliphatic carbocycles. The molecule has 0 aromatic heterocycles. The van der Waals surface area contributed by atoms with Crippen molar-refractivity contribution >= 4 is 11.6 Å². The fourth-order valence-electron chi connectivity index (χ4n) is 2.45. The van der Waals surface area contributed by atoms with Crippen LogP contribution in [0.1, 0.15) is 37.6 Å². The lowest BCUT2D eigenvalue weighted by molar-refractivity contribution is 0.0764. The van der Waals surface area contributed by atoms with E-state index in [1.807, 2.05) is 0 Å². The van der Waals surface area contributed by atoms with Gasteiger partial charge >= 0.3 is 0 Å². The minimum atomic E-state index is -0.476. The number of nitrogen functional groups attached to an aromatic ring is 1. The Hall–Kier alpha value is -1.84. The van der Waals surface area contributed by atoms with Crippen molar-refractivity contribution in [3.63, 3.8) is 0 Å². The van der Waals surface area contributed by atoms with Crippen molar-refractivity contribution in [2.24, 2.45) is 5.41 Å². The van der Waals surface area contributed by atoms with Crippen LogP contribution in [0.2, 0.25) is 0 Å². The summed E-state index contributed by atoms with van der Waals surface area (Å²) in [5.74, 6) is -0.642. The van der Waals surface area contributed by atoms with Crippen molar-refractivity contribution in [3.8, 4) is 0 Å². The van der Waals surface area contributed by atoms with E-state index >= 15 is 0 Å². The number of hydrogen-bond donors (Lipinski definition) is 1. The molecule has 1 aromatic carbocycles. The van der Waals surface area contributed by atoms with E-state index in [2.05, 4.69) is 26.8 Å². The Bertz CT molecular complexity index is 538. The fraction of sp³-hybridized carbons (Fsp3) is 0.438. The smallest absolute Gasteiger partial charge is 0.254 e. The molecule has 2 rings (SSSR count). The van der Waals surface area contributed by atoms with Gasteiger partial charge in [-0.25, -0.2) is 4.39 Å². The van der Waals surface area contributed by atoms with Crippen molar-refractivity contribution in [2.75, 3.05) is 18.8 Å². The van der Waals surface area contributed by atoms with Crippen molar-refractivity contribution in [3.05, 3.63) is 41.2 Å². The number of benzene rings is 1. The van der Waals surface area contributed by atoms with E-state index in [0.717, 1.165) is 6.42 Å². The van der Waals surface area contributed by atoms with E-state index < -0.39 is 5.82 Å². The molecular formula is C16H21FN2O. The lowest BCUT2D eigenvalue weighted by atomic mass is 9.83. The van der Waals surface area contributed by atoms with Crippen LogP contribution >= 0.6 is 0 Å². The SMILES string of the molecule is CC(C)(C)C1=CCN(C(=O)c2cc(N)cc(F)c2)CC1. The molecule has 0 radical (unpaired) electrons. The molecule has 4 heteroatoms. The Labute approximate surface area is 119 Å². The zero-order valence-electron chi connectivity index (χ0n) is 12.2. The average molecular weight is 276 g/mol. The number of carbonyl (C=O) groups is 1. The average Bonchev–Trinajstić information content (AvgIpc) is 2.36. The summed E-state index contributed by atoms with van der Waals surface area (Å²) in [4.78, 5) is 14.1. The van der Waals surface area contributed by atoms with Crippen LogP contribution in [-0.2, 0) is 0 Å². The summed E-state index contributed by atoms with van der Waals surface area (Å²) in [5, 5.41) is 0. The second-order valence-electron chi connectivity index (χ2n) is 6.25. The molecule has 0 saturated carbocycles. The highest BCUT2D eigenvalue weighted by Crippen LogP contribution is 2.30. The molecular weight excluding hydrogens is 255 g/mol. The maximum atomic E-state index is 13.3. The molecule has 0 bridgehead atoms. The molecule has 3 nitrogen and oxygen atoms in total. The third-order valence-corrected chi connectivity index (χ3v) is 3.63. The first-order valence-corrected chi connectivity index (χ1v) is 6.82. The van der Waals surface area contributed by atoms with Crippen LogP contribution in [-0.4, -0.2) is 23.9 Å². The molecule has 0 unspecified atom stereocenters. The number of nitrogens with two attached hydrogens (primary N) is 1. The van der Waals surface area contributed by atoms with Gasteiger partial charge in [0.2, 0.25) is 0 Å². The summed E-state index contributed by atoms with van der Waals surface area (Å²) in [6, 6.07) is 3.97. The summed E-state index contributed by atoms with van der Waals surface area (Å²) in [5.41, 5.74) is 7.67. The van der Waals surface area contributed by atoms with E-state index in [0.29, 0.717) is 18.7 Å². The standard InChI is InChI=1S/C16H21FN2O/c1-16(2,3)12-4-6-19(7-5-12)15(20)11-8-13(17)10-14(18)9-11/h4,8-10H,5-7,18H2,1-3H3. The highest BCUT2D eigenvalue weighted by molar-refractivity contribution is 5.95. The normalized spacial score (nSPS) is 16.0. The first-order valence-electron chi connectivity index (χ1n) is 6.82. The van der Waals surface area contributed by atoms with E-state index in [9.17, 15) is 9.18 Å². The van der Waals surface area contributed by atoms with Gasteiger partial charge in [0.05, 0.1) is 0 Å². The predicted molar refractivity (Wildman–Crippen MR) is 78.9 cm³/mol. The summed E-state index contributed by atoms with van der Waals surface area (Å²) < 4.78 is 13.3. The van der Waals surface area contributed by atoms with Crippen molar-refractivity contribution < 1.29 is 9.18 Å². The van der Waals surface area contributed by atoms with Gasteiger partial charge < -0.3 is 10.6 Å². The number of carbonyl (C=O) groups excluding carboxylic acids is 1. The zero-order chi connectivity index (χ0) is 14.9. The molecule has 1 aliphatic heterocycles. The third-order valence-electron chi connectivity index (χ3n) is 3.63. The first kappa shape index (κ1) is 14.6. The summed E-state index contributed by atoms with van der Waals surface area (Å²) in [6.07, 6.45) is 2.96. The Morgan fingerprint density at radius 1 is 1.30 bits per heavy atom. The molecule has 1 heterocycles. The van der Waals surface area contributed by atoms with Gasteiger partial charge in [-0.2, -0.15) is 0 Å². The van der Waals surface area contributed by atoms with Gasteiger partial charge in [-0.15, -0.1) is 0 Å². The van der Waals surface area contributed by atoms with Crippen LogP contribution in [0, 0.1) is 11.2 Å². The van der Waals surface area contributed by atoms with Crippen molar-refractivity contribution in [1.82, 2.24) is 4.90 Å². The predicted octanol–water partition coefficient (Wildman–Crippen LogP) is 3.23. The monoisotopic (exact) mass is 276 g/mol. The molecule has 1 amide bonds. The summed E-state index contributed by atoms with van der Waals surface area (Å²) in [6.45, 7) is 7.75. The first-order chi connectivity index (χ1) is 9.27. The van der Waals surface area contributed by atoms with E-state index in [1.165, 1.54) is 23.8 Å². The van der Waals surface area contributed by atoms with Gasteiger partial charge in [0.1, 0.15) is 5.82 Å². The fourth-order valence-corrected chi connectivity index (χ4v) is 2.45. The second kappa shape index (κ2) is 5.27. The number of hydrogen-bond acceptors (Lipinski definition) is 2. The van der Waals surface area contributed by atoms with Gasteiger partial charge in [0, 0.05) is 24.3 Å². The number of rotatable bonds is 1. The minimum absolute atomic E-state index is 0.137. The van der Waals surface area contributed by atoms with Gasteiger partial charge in [-0.1, -0.05) is 32.4 Å². The Balaban J connectivity index is 2.14. The molecule has 0 spiro atoms. The number of anilines is 1. The number of amides is 1. The molecule has 0 saturated heterocycles. The van der Waals surface area contributed by atoms with E-state index in [-0.39, 0.29) is 17.0 Å². The van der Waals surface area contributed by atoms with Crippen molar-refractivity contribution in [2.45, 2.75) is 27.2 Å². The minimum Gasteiger partial charge on any atom is -0.399 e. The van der Waals surface area contributed by atoms with Crippen molar-refractivity contribution in [1.29, 1.82) is 0 Å². The van der Waals surface area contributed by atoms with E-state index in [1.54, 1.807) is 4.90 Å². The lowest BCUT2D eigenvalue weighted by Gasteiger charge is -2.32. The number of halogens is 1. The Morgan fingerprint density at radius 3 is 2.50 bits per heavy atom. The Morgan fingerprint density at radius 2 is 2.00 bits per heavy atom.